The lowest BCUT2D eigenvalue weighted by molar-refractivity contribution is -0.307. The minimum absolute atomic E-state index is 0.202. The fraction of sp³-hybridized carbons (Fsp3) is 0.870. The number of unbranched alkanes of at least 4 members (excludes halogenated alkanes) is 62. The van der Waals surface area contributed by atoms with Crippen LogP contribution in [0.15, 0.2) is 48.6 Å². The summed E-state index contributed by atoms with van der Waals surface area (Å²) in [5, 5.41) is 87.4. The number of carbonyl (C=O) groups is 6. The molecular formula is C108H198O17-6. The molecule has 2 heterocycles. The van der Waals surface area contributed by atoms with E-state index in [9.17, 15) is 59.4 Å². The summed E-state index contributed by atoms with van der Waals surface area (Å²) in [5.41, 5.74) is 0. The molecule has 0 saturated carbocycles. The number of carboxylic acid groups (broad SMARTS) is 6. The molecule has 4 unspecified atom stereocenters. The molecule has 2 aliphatic rings. The summed E-state index contributed by atoms with van der Waals surface area (Å²) >= 11 is 0. The van der Waals surface area contributed by atoms with Gasteiger partial charge in [-0.05, 0) is 225 Å². The molecule has 4 atom stereocenters. The number of carbonyl (C=O) groups excluding carboxylic acids is 6. The monoisotopic (exact) mass is 1770 g/mol. The average molecular weight is 1770 g/mol. The van der Waals surface area contributed by atoms with Gasteiger partial charge in [0, 0.05) is 55.6 Å². The number of aliphatic hydroxyl groups is 3. The molecule has 0 amide bonds. The molecule has 125 heavy (non-hydrogen) atoms. The van der Waals surface area contributed by atoms with Crippen LogP contribution in [0.25, 0.3) is 0 Å². The van der Waals surface area contributed by atoms with Gasteiger partial charge in [-0.25, -0.2) is 0 Å². The maximum atomic E-state index is 10.3. The van der Waals surface area contributed by atoms with Gasteiger partial charge < -0.3 is 84.2 Å². The second-order valence-corrected chi connectivity index (χ2v) is 36.0. The predicted molar refractivity (Wildman–Crippen MR) is 510 cm³/mol. The zero-order valence-electron chi connectivity index (χ0n) is 81.5. The van der Waals surface area contributed by atoms with Crippen molar-refractivity contribution >= 4 is 35.8 Å². The van der Waals surface area contributed by atoms with Crippen LogP contribution in [0.4, 0.5) is 0 Å². The Morgan fingerprint density at radius 2 is 0.304 bits per heavy atom. The summed E-state index contributed by atoms with van der Waals surface area (Å²) in [6, 6.07) is 0. The molecule has 0 spiro atoms. The summed E-state index contributed by atoms with van der Waals surface area (Å²) in [6.07, 6.45) is 114. The molecule has 17 nitrogen and oxygen atoms in total. The number of hydrogen-bond donors (Lipinski definition) is 3. The lowest BCUT2D eigenvalue weighted by Gasteiger charge is -2.02. The third-order valence-electron chi connectivity index (χ3n) is 23.5. The highest BCUT2D eigenvalue weighted by Crippen LogP contribution is 2.33. The molecule has 0 bridgehead atoms. The topological polar surface area (TPSA) is 327 Å². The zero-order chi connectivity index (χ0) is 92.4. The highest BCUT2D eigenvalue weighted by molar-refractivity contribution is 5.65. The molecule has 0 aliphatic carbocycles. The van der Waals surface area contributed by atoms with E-state index >= 15 is 0 Å². The van der Waals surface area contributed by atoms with Crippen molar-refractivity contribution < 1.29 is 84.2 Å². The van der Waals surface area contributed by atoms with E-state index in [0.717, 1.165) is 167 Å². The van der Waals surface area contributed by atoms with Crippen molar-refractivity contribution in [3.8, 4) is 0 Å². The number of carboxylic acids is 6. The Kier molecular flexibility index (Phi) is 114. The van der Waals surface area contributed by atoms with Gasteiger partial charge in [-0.3, -0.25) is 0 Å². The van der Waals surface area contributed by atoms with Gasteiger partial charge in [0.2, 0.25) is 0 Å². The van der Waals surface area contributed by atoms with Crippen molar-refractivity contribution in [1.82, 2.24) is 0 Å². The van der Waals surface area contributed by atoms with Gasteiger partial charge in [-0.1, -0.05) is 384 Å². The molecule has 2 fully saturated rings. The number of epoxide rings is 2. The Morgan fingerprint density at radius 3 is 0.440 bits per heavy atom. The molecule has 0 aromatic heterocycles. The normalized spacial score (nSPS) is 14.4. The molecule has 0 radical (unpaired) electrons. The highest BCUT2D eigenvalue weighted by Gasteiger charge is 2.37. The van der Waals surface area contributed by atoms with Gasteiger partial charge in [0.1, 0.15) is 0 Å². The fourth-order valence-electron chi connectivity index (χ4n) is 15.4. The van der Waals surface area contributed by atoms with Crippen LogP contribution in [0.3, 0.4) is 0 Å². The van der Waals surface area contributed by atoms with E-state index in [1.165, 1.54) is 334 Å². The molecule has 17 heteroatoms. The Labute approximate surface area is 768 Å². The molecular weight excluding hydrogens is 1570 g/mol. The molecule has 2 saturated heterocycles. The van der Waals surface area contributed by atoms with E-state index in [2.05, 4.69) is 69.4 Å². The van der Waals surface area contributed by atoms with Crippen LogP contribution in [0.2, 0.25) is 0 Å². The summed E-state index contributed by atoms with van der Waals surface area (Å²) in [7, 11) is 0. The Bertz CT molecular complexity index is 2220. The standard InChI is InChI=1S/C18H34O4.3C18H34O3.2C18H34O2/c19-15-11-7-2-1-4-8-12-16-17(22-16)13-9-5-3-6-10-14-18(20)21;1-2-3-4-5-7-10-13-16-17(21-16)14-11-8-6-9-12-15-18(19)20;2*19-17-15-13-11-9-7-5-3-1-2-4-6-8-10-12-14-16-18(20)21;2*1-2-3-4-5-6-7-8-9-10-11-12-13-14-15-16-17-18(19)20/h16-17,19H,1-15H2,(H,20,21);16-17H,2-15H2,1H3,(H,19,20);2*1-2,19H,3-17H2,(H,20,21);2*9-10H,2-8,11-17H2,1H3,(H,19,20)/p-6/b;;2-1+;2-1-;10-9+;10-9-. The number of aliphatic hydroxyl groups excluding tert-OH is 3. The predicted octanol–water partition coefficient (Wildman–Crippen LogP) is 24.0. The third-order valence-corrected chi connectivity index (χ3v) is 23.5. The van der Waals surface area contributed by atoms with E-state index < -0.39 is 35.8 Å². The fourth-order valence-corrected chi connectivity index (χ4v) is 15.4. The van der Waals surface area contributed by atoms with Gasteiger partial charge in [0.05, 0.1) is 24.4 Å². The lowest BCUT2D eigenvalue weighted by Crippen LogP contribution is -2.21. The number of aliphatic carboxylic acids is 6. The van der Waals surface area contributed by atoms with E-state index in [1.807, 2.05) is 0 Å². The molecule has 2 aliphatic heterocycles. The van der Waals surface area contributed by atoms with Crippen LogP contribution in [-0.2, 0) is 38.2 Å². The van der Waals surface area contributed by atoms with Crippen molar-refractivity contribution in [2.24, 2.45) is 0 Å². The number of rotatable bonds is 93. The van der Waals surface area contributed by atoms with E-state index in [-0.39, 0.29) is 38.5 Å². The van der Waals surface area contributed by atoms with Crippen molar-refractivity contribution in [2.45, 2.75) is 585 Å². The summed E-state index contributed by atoms with van der Waals surface area (Å²) in [5.74, 6) is -5.52. The van der Waals surface area contributed by atoms with E-state index in [0.29, 0.717) is 44.2 Å². The van der Waals surface area contributed by atoms with Gasteiger partial charge >= 0.3 is 0 Å². The van der Waals surface area contributed by atoms with Gasteiger partial charge in [0.25, 0.3) is 0 Å². The quantitative estimate of drug-likeness (QED) is 0.0289. The molecule has 0 aromatic rings. The zero-order valence-corrected chi connectivity index (χ0v) is 81.5. The highest BCUT2D eigenvalue weighted by atomic mass is 16.6. The van der Waals surface area contributed by atoms with Crippen LogP contribution in [0.5, 0.6) is 0 Å². The van der Waals surface area contributed by atoms with Crippen molar-refractivity contribution in [2.75, 3.05) is 19.8 Å². The SMILES string of the molecule is CCCCCCCC/C=C/CCCCCCCC(=O)[O-].CCCCCCCC/C=C\CCCCCCCC(=O)[O-].CCCCCCCCC1OC1CCCCCCCC(=O)[O-].O=C([O-])CCCCCCC/C=C/CCCCCCCCO.O=C([O-])CCCCCCC/C=C\CCCCCCCCO.O=C([O-])CCCCCCCC1OC1CCCCCCCCO. The second-order valence-electron chi connectivity index (χ2n) is 36.0. The smallest absolute Gasteiger partial charge is 0.0841 e. The molecule has 3 N–H and O–H groups in total. The number of allylic oxidation sites excluding steroid dienone is 8. The minimum atomic E-state index is -0.928. The van der Waals surface area contributed by atoms with Crippen LogP contribution in [-0.4, -0.2) is 95.4 Å². The average Bonchev–Trinajstić information content (AvgIpc) is 1.71. The van der Waals surface area contributed by atoms with Crippen LogP contribution in [0.1, 0.15) is 560 Å². The lowest BCUT2D eigenvalue weighted by atomic mass is 10.0. The Morgan fingerprint density at radius 1 is 0.184 bits per heavy atom. The Hall–Kier alpha value is -4.42. The maximum Gasteiger partial charge on any atom is 0.0841 e. The number of ether oxygens (including phenoxy) is 2. The minimum Gasteiger partial charge on any atom is -0.550 e. The summed E-state index contributed by atoms with van der Waals surface area (Å²) in [4.78, 5) is 61.4. The molecule has 2 rings (SSSR count). The van der Waals surface area contributed by atoms with Gasteiger partial charge in [-0.15, -0.1) is 0 Å². The van der Waals surface area contributed by atoms with Gasteiger partial charge in [-0.2, -0.15) is 0 Å². The molecule has 0 aromatic carbocycles. The van der Waals surface area contributed by atoms with Crippen molar-refractivity contribution in [3.63, 3.8) is 0 Å². The second kappa shape index (κ2) is 112. The van der Waals surface area contributed by atoms with Crippen LogP contribution < -0.4 is 30.6 Å². The first-order valence-electron chi connectivity index (χ1n) is 53.0. The summed E-state index contributed by atoms with van der Waals surface area (Å²) in [6.45, 7) is 7.76. The van der Waals surface area contributed by atoms with Crippen molar-refractivity contribution in [1.29, 1.82) is 0 Å². The van der Waals surface area contributed by atoms with E-state index in [4.69, 9.17) is 24.8 Å². The molecule has 738 valence electrons. The van der Waals surface area contributed by atoms with Crippen molar-refractivity contribution in [3.05, 3.63) is 48.6 Å². The van der Waals surface area contributed by atoms with Crippen LogP contribution in [0, 0.1) is 0 Å². The van der Waals surface area contributed by atoms with E-state index in [1.54, 1.807) is 0 Å². The first kappa shape index (κ1) is 127. The number of hydrogen-bond acceptors (Lipinski definition) is 17. The van der Waals surface area contributed by atoms with Gasteiger partial charge in [0.15, 0.2) is 0 Å². The Balaban J connectivity index is -0.000000703. The summed E-state index contributed by atoms with van der Waals surface area (Å²) < 4.78 is 11.4. The van der Waals surface area contributed by atoms with Crippen LogP contribution >= 0.6 is 0 Å². The third kappa shape index (κ3) is 126. The first-order chi connectivity index (χ1) is 61.1. The largest absolute Gasteiger partial charge is 0.550 e. The maximum absolute atomic E-state index is 10.3. The first-order valence-corrected chi connectivity index (χ1v) is 53.0.